The van der Waals surface area contributed by atoms with Crippen LogP contribution in [0.5, 0.6) is 0 Å². The summed E-state index contributed by atoms with van der Waals surface area (Å²) in [5, 5.41) is 0. The van der Waals surface area contributed by atoms with Crippen LogP contribution >= 0.6 is 0 Å². The molecule has 0 aliphatic heterocycles. The van der Waals surface area contributed by atoms with Crippen LogP contribution in [0.2, 0.25) is 0 Å². The predicted molar refractivity (Wildman–Crippen MR) is 33.0 cm³/mol. The second kappa shape index (κ2) is 4.17. The van der Waals surface area contributed by atoms with Gasteiger partial charge < -0.3 is 17.0 Å². The number of nitrogens with one attached hydrogen (secondary N) is 1. The number of hydrogen-bond donors (Lipinski definition) is 0. The van der Waals surface area contributed by atoms with E-state index < -0.39 is 0 Å². The van der Waals surface area contributed by atoms with Gasteiger partial charge in [-0.05, 0) is 13.0 Å². The van der Waals surface area contributed by atoms with Crippen LogP contribution in [0.25, 0.3) is 0 Å². The maximum atomic E-state index is 10.6. The van der Waals surface area contributed by atoms with E-state index in [2.05, 4.69) is 4.98 Å². The summed E-state index contributed by atoms with van der Waals surface area (Å²) < 4.78 is 0. The number of aromatic nitrogens is 1. The summed E-state index contributed by atoms with van der Waals surface area (Å²) >= 11 is 0. The third-order valence-electron chi connectivity index (χ3n) is 1.11. The fraction of sp³-hybridized carbons (Fsp3) is 0.143. The molecule has 1 aromatic heterocycles. The lowest BCUT2D eigenvalue weighted by Gasteiger charge is -1.84. The highest BCUT2D eigenvalue weighted by Crippen LogP contribution is 1.92. The topological polar surface area (TPSA) is 31.2 Å². The molecule has 3 heteroatoms. The smallest absolute Gasteiger partial charge is 0.177 e. The fourth-order valence-corrected chi connectivity index (χ4v) is 0.612. The van der Waals surface area contributed by atoms with Crippen molar-refractivity contribution in [3.8, 4) is 0 Å². The minimum Gasteiger partial charge on any atom is -1.00 e. The zero-order chi connectivity index (χ0) is 6.69. The van der Waals surface area contributed by atoms with Gasteiger partial charge in [-0.1, -0.05) is 0 Å². The molecule has 0 aromatic carbocycles. The van der Waals surface area contributed by atoms with Gasteiger partial charge >= 0.3 is 0 Å². The van der Waals surface area contributed by atoms with Crippen molar-refractivity contribution in [1.82, 2.24) is 0 Å². The Morgan fingerprint density at radius 3 is 2.60 bits per heavy atom. The van der Waals surface area contributed by atoms with Crippen LogP contribution in [0.3, 0.4) is 0 Å². The van der Waals surface area contributed by atoms with Crippen molar-refractivity contribution in [2.45, 2.75) is 6.92 Å². The van der Waals surface area contributed by atoms with Crippen LogP contribution in [0.4, 0.5) is 0 Å². The molecule has 0 atom stereocenters. The Hall–Kier alpha value is -0.700. The highest BCUT2D eigenvalue weighted by atomic mass is 79.9. The third kappa shape index (κ3) is 2.27. The first-order chi connectivity index (χ1) is 4.30. The number of halogens is 1. The van der Waals surface area contributed by atoms with Crippen molar-refractivity contribution in [1.29, 1.82) is 0 Å². The molecule has 0 radical (unpaired) electrons. The van der Waals surface area contributed by atoms with E-state index in [4.69, 9.17) is 0 Å². The molecule has 0 bridgehead atoms. The van der Waals surface area contributed by atoms with E-state index in [9.17, 15) is 4.79 Å². The normalized spacial score (nSPS) is 8.10. The monoisotopic (exact) mass is 201 g/mol. The zero-order valence-electron chi connectivity index (χ0n) is 5.60. The number of aromatic amines is 1. The van der Waals surface area contributed by atoms with Crippen molar-refractivity contribution < 1.29 is 26.8 Å². The van der Waals surface area contributed by atoms with E-state index in [-0.39, 0.29) is 22.8 Å². The number of Topliss-reactive ketones (excluding diaryl/α,β-unsaturated/α-hetero) is 1. The molecule has 0 spiro atoms. The van der Waals surface area contributed by atoms with Gasteiger partial charge in [-0.15, -0.1) is 0 Å². The summed E-state index contributed by atoms with van der Waals surface area (Å²) in [6, 6.07) is 3.58. The van der Waals surface area contributed by atoms with Gasteiger partial charge in [0.2, 0.25) is 0 Å². The van der Waals surface area contributed by atoms with Crippen molar-refractivity contribution in [2.75, 3.05) is 0 Å². The highest BCUT2D eigenvalue weighted by molar-refractivity contribution is 5.93. The zero-order valence-corrected chi connectivity index (χ0v) is 7.18. The van der Waals surface area contributed by atoms with Crippen molar-refractivity contribution in [3.05, 3.63) is 30.1 Å². The molecule has 1 N–H and O–H groups in total. The largest absolute Gasteiger partial charge is 1.00 e. The van der Waals surface area contributed by atoms with Gasteiger partial charge in [0.1, 0.15) is 0 Å². The Morgan fingerprint density at radius 1 is 1.60 bits per heavy atom. The molecule has 0 saturated heterocycles. The molecule has 0 aliphatic rings. The second-order valence-electron chi connectivity index (χ2n) is 1.85. The number of rotatable bonds is 1. The lowest BCUT2D eigenvalue weighted by molar-refractivity contribution is -0.378. The quantitative estimate of drug-likeness (QED) is 0.471. The molecule has 0 aliphatic carbocycles. The summed E-state index contributed by atoms with van der Waals surface area (Å²) in [7, 11) is 0. The van der Waals surface area contributed by atoms with E-state index in [0.717, 1.165) is 5.56 Å². The summed E-state index contributed by atoms with van der Waals surface area (Å²) in [5.74, 6) is 0.0897. The number of ketones is 1. The van der Waals surface area contributed by atoms with Crippen LogP contribution < -0.4 is 22.0 Å². The third-order valence-corrected chi connectivity index (χ3v) is 1.11. The fourth-order valence-electron chi connectivity index (χ4n) is 0.612. The maximum absolute atomic E-state index is 10.6. The average Bonchev–Trinajstić information content (AvgIpc) is 1.90. The summed E-state index contributed by atoms with van der Waals surface area (Å²) in [5.41, 5.74) is 0.720. The van der Waals surface area contributed by atoms with Crippen LogP contribution in [0.1, 0.15) is 17.3 Å². The lowest BCUT2D eigenvalue weighted by Crippen LogP contribution is -3.00. The minimum absolute atomic E-state index is 0. The second-order valence-corrected chi connectivity index (χ2v) is 1.85. The van der Waals surface area contributed by atoms with E-state index >= 15 is 0 Å². The molecule has 10 heavy (non-hydrogen) atoms. The van der Waals surface area contributed by atoms with Crippen LogP contribution in [0, 0.1) is 0 Å². The Balaban J connectivity index is 0.000000810. The number of H-pyrrole nitrogens is 1. The molecule has 1 rings (SSSR count). The molecule has 0 fully saturated rings. The Morgan fingerprint density at radius 2 is 2.30 bits per heavy atom. The Bertz CT molecular complexity index is 210. The molecule has 54 valence electrons. The van der Waals surface area contributed by atoms with E-state index in [0.29, 0.717) is 0 Å². The molecule has 0 unspecified atom stereocenters. The van der Waals surface area contributed by atoms with Gasteiger partial charge in [0.15, 0.2) is 18.2 Å². The highest BCUT2D eigenvalue weighted by Gasteiger charge is 1.97. The Labute approximate surface area is 70.1 Å². The molecular weight excluding hydrogens is 194 g/mol. The molecule has 1 heterocycles. The van der Waals surface area contributed by atoms with Crippen molar-refractivity contribution >= 4 is 5.78 Å². The first kappa shape index (κ1) is 9.30. The van der Waals surface area contributed by atoms with Crippen molar-refractivity contribution in [3.63, 3.8) is 0 Å². The number of carbonyl (C=O) groups is 1. The van der Waals surface area contributed by atoms with Gasteiger partial charge in [0.05, 0.1) is 5.56 Å². The lowest BCUT2D eigenvalue weighted by atomic mass is 10.2. The van der Waals surface area contributed by atoms with Gasteiger partial charge in [0, 0.05) is 6.07 Å². The maximum Gasteiger partial charge on any atom is 0.177 e. The number of carbonyl (C=O) groups excluding carboxylic acids is 1. The number of pyridine rings is 1. The number of hydrogen-bond acceptors (Lipinski definition) is 1. The molecule has 1 aromatic rings. The van der Waals surface area contributed by atoms with Crippen molar-refractivity contribution in [2.24, 2.45) is 0 Å². The van der Waals surface area contributed by atoms with Crippen LogP contribution in [-0.2, 0) is 0 Å². The Kier molecular flexibility index (Phi) is 3.88. The summed E-state index contributed by atoms with van der Waals surface area (Å²) in [4.78, 5) is 13.4. The van der Waals surface area contributed by atoms with Gasteiger partial charge in [-0.3, -0.25) is 4.79 Å². The van der Waals surface area contributed by atoms with E-state index in [1.54, 1.807) is 31.5 Å². The predicted octanol–water partition coefficient (Wildman–Crippen LogP) is -2.29. The van der Waals surface area contributed by atoms with E-state index in [1.165, 1.54) is 0 Å². The SMILES string of the molecule is CC(=O)c1ccc[nH+]c1.[Br-]. The van der Waals surface area contributed by atoms with Crippen LogP contribution in [0.15, 0.2) is 24.5 Å². The first-order valence-electron chi connectivity index (χ1n) is 2.78. The van der Waals surface area contributed by atoms with E-state index in [1.807, 2.05) is 0 Å². The summed E-state index contributed by atoms with van der Waals surface area (Å²) in [6.45, 7) is 1.54. The molecule has 2 nitrogen and oxygen atoms in total. The average molecular weight is 202 g/mol. The molecule has 0 amide bonds. The molecule has 0 saturated carbocycles. The minimum atomic E-state index is 0. The van der Waals surface area contributed by atoms with Crippen LogP contribution in [-0.4, -0.2) is 5.78 Å². The molecular formula is C7H8BrNO. The van der Waals surface area contributed by atoms with Gasteiger partial charge in [0.25, 0.3) is 0 Å². The standard InChI is InChI=1S/C7H7NO.BrH/c1-6(9)7-3-2-4-8-5-7;/h2-5H,1H3;1H. The first-order valence-corrected chi connectivity index (χ1v) is 2.78. The van der Waals surface area contributed by atoms with Gasteiger partial charge in [-0.2, -0.15) is 0 Å². The van der Waals surface area contributed by atoms with Gasteiger partial charge in [-0.25, -0.2) is 4.98 Å². The summed E-state index contributed by atoms with van der Waals surface area (Å²) in [6.07, 6.45) is 3.45.